The van der Waals surface area contributed by atoms with E-state index >= 15 is 0 Å². The normalized spacial score (nSPS) is 40.3. The largest absolute Gasteiger partial charge is 0.349 e. The minimum Gasteiger partial charge on any atom is -0.349 e. The highest BCUT2D eigenvalue weighted by atomic mass is 16.1. The molecule has 1 heterocycles. The molecule has 0 aromatic heterocycles. The van der Waals surface area contributed by atoms with Gasteiger partial charge in [0.1, 0.15) is 0 Å². The lowest BCUT2D eigenvalue weighted by atomic mass is 9.69. The van der Waals surface area contributed by atoms with Crippen molar-refractivity contribution in [3.63, 3.8) is 0 Å². The molecule has 2 N–H and O–H groups in total. The average Bonchev–Trinajstić information content (AvgIpc) is 2.35. The quantitative estimate of drug-likeness (QED) is 0.755. The molecule has 18 heavy (non-hydrogen) atoms. The second-order valence-corrected chi connectivity index (χ2v) is 6.12. The highest BCUT2D eigenvalue weighted by Crippen LogP contribution is 2.37. The zero-order valence-electron chi connectivity index (χ0n) is 12.5. The summed E-state index contributed by atoms with van der Waals surface area (Å²) >= 11 is 0. The molecule has 1 fully saturated rings. The third-order valence-electron chi connectivity index (χ3n) is 4.89. The number of carbonyl (C=O) groups excluding carboxylic acids is 1. The number of carbonyl (C=O) groups is 1. The first-order chi connectivity index (χ1) is 8.30. The van der Waals surface area contributed by atoms with Crippen molar-refractivity contribution in [1.29, 1.82) is 0 Å². The molecule has 3 nitrogen and oxygen atoms in total. The van der Waals surface area contributed by atoms with Gasteiger partial charge in [0.25, 0.3) is 0 Å². The average molecular weight is 252 g/mol. The smallest absolute Gasteiger partial charge is 0.243 e. The van der Waals surface area contributed by atoms with Gasteiger partial charge in [-0.3, -0.25) is 4.79 Å². The Hall–Kier alpha value is -0.830. The summed E-state index contributed by atoms with van der Waals surface area (Å²) in [5, 5.41) is 6.90. The third-order valence-corrected chi connectivity index (χ3v) is 4.89. The van der Waals surface area contributed by atoms with E-state index in [-0.39, 0.29) is 23.0 Å². The summed E-state index contributed by atoms with van der Waals surface area (Å²) in [7, 11) is 0. The molecule has 1 saturated heterocycles. The van der Waals surface area contributed by atoms with E-state index in [1.54, 1.807) is 0 Å². The molecule has 1 aliphatic rings. The van der Waals surface area contributed by atoms with Crippen LogP contribution in [0.25, 0.3) is 0 Å². The molecule has 104 valence electrons. The first-order valence-corrected chi connectivity index (χ1v) is 7.02. The predicted octanol–water partition coefficient (Wildman–Crippen LogP) is 2.62. The van der Waals surface area contributed by atoms with Crippen LogP contribution < -0.4 is 10.6 Å². The van der Waals surface area contributed by atoms with E-state index < -0.39 is 0 Å². The molecule has 0 radical (unpaired) electrons. The van der Waals surface area contributed by atoms with Crippen LogP contribution in [-0.4, -0.2) is 23.0 Å². The predicted molar refractivity (Wildman–Crippen MR) is 76.4 cm³/mol. The number of amides is 1. The van der Waals surface area contributed by atoms with Crippen molar-refractivity contribution >= 4 is 5.91 Å². The summed E-state index contributed by atoms with van der Waals surface area (Å²) in [4.78, 5) is 11.6. The summed E-state index contributed by atoms with van der Waals surface area (Å²) in [5.41, 5.74) is 0.165. The maximum Gasteiger partial charge on any atom is 0.243 e. The van der Waals surface area contributed by atoms with E-state index in [0.29, 0.717) is 5.92 Å². The Morgan fingerprint density at radius 1 is 1.44 bits per heavy atom. The molecule has 4 unspecified atom stereocenters. The van der Waals surface area contributed by atoms with Gasteiger partial charge in [0.2, 0.25) is 5.91 Å². The molecular weight excluding hydrogens is 224 g/mol. The van der Waals surface area contributed by atoms with Crippen molar-refractivity contribution in [2.45, 2.75) is 71.0 Å². The molecule has 0 aliphatic carbocycles. The van der Waals surface area contributed by atoms with Crippen molar-refractivity contribution in [2.75, 3.05) is 0 Å². The molecule has 1 rings (SSSR count). The Kier molecular flexibility index (Phi) is 4.60. The van der Waals surface area contributed by atoms with Crippen LogP contribution in [0.1, 0.15) is 53.9 Å². The van der Waals surface area contributed by atoms with Crippen molar-refractivity contribution in [2.24, 2.45) is 5.92 Å². The van der Waals surface area contributed by atoms with E-state index in [1.165, 1.54) is 6.08 Å². The topological polar surface area (TPSA) is 41.1 Å². The minimum absolute atomic E-state index is 0.0642. The second kappa shape index (κ2) is 5.43. The molecule has 4 atom stereocenters. The maximum absolute atomic E-state index is 11.6. The Morgan fingerprint density at radius 2 is 2.06 bits per heavy atom. The second-order valence-electron chi connectivity index (χ2n) is 6.12. The third kappa shape index (κ3) is 2.94. The summed E-state index contributed by atoms with van der Waals surface area (Å²) < 4.78 is 0. The SMILES string of the molecule is C=CC(=O)NC1CC(C)(CC)NC(C)(CC)C1C. The molecule has 1 aliphatic heterocycles. The first kappa shape index (κ1) is 15.2. The van der Waals surface area contributed by atoms with E-state index in [2.05, 4.69) is 51.8 Å². The van der Waals surface area contributed by atoms with Crippen LogP contribution in [0.4, 0.5) is 0 Å². The van der Waals surface area contributed by atoms with Crippen LogP contribution in [0.15, 0.2) is 12.7 Å². The number of piperidine rings is 1. The Bertz CT molecular complexity index is 328. The Balaban J connectivity index is 2.95. The summed E-state index contributed by atoms with van der Waals surface area (Å²) in [6.45, 7) is 14.7. The number of rotatable bonds is 4. The van der Waals surface area contributed by atoms with Gasteiger partial charge >= 0.3 is 0 Å². The molecular formula is C15H28N2O. The maximum atomic E-state index is 11.6. The number of hydrogen-bond donors (Lipinski definition) is 2. The van der Waals surface area contributed by atoms with Crippen molar-refractivity contribution < 1.29 is 4.79 Å². The lowest BCUT2D eigenvalue weighted by molar-refractivity contribution is -0.118. The van der Waals surface area contributed by atoms with E-state index in [4.69, 9.17) is 0 Å². The number of nitrogens with one attached hydrogen (secondary N) is 2. The van der Waals surface area contributed by atoms with Gasteiger partial charge in [-0.15, -0.1) is 0 Å². The van der Waals surface area contributed by atoms with Crippen LogP contribution in [0.5, 0.6) is 0 Å². The van der Waals surface area contributed by atoms with Gasteiger partial charge < -0.3 is 10.6 Å². The summed E-state index contributed by atoms with van der Waals surface area (Å²) in [6, 6.07) is 0.214. The van der Waals surface area contributed by atoms with Crippen LogP contribution >= 0.6 is 0 Å². The standard InChI is InChI=1S/C15H28N2O/c1-7-13(18)16-12-10-14(5,8-2)17-15(6,9-3)11(12)4/h7,11-12,17H,1,8-10H2,2-6H3,(H,16,18). The zero-order chi connectivity index (χ0) is 14.0. The van der Waals surface area contributed by atoms with Crippen LogP contribution in [0, 0.1) is 5.92 Å². The molecule has 0 saturated carbocycles. The lowest BCUT2D eigenvalue weighted by Crippen LogP contribution is -2.68. The van der Waals surface area contributed by atoms with Gasteiger partial charge in [-0.25, -0.2) is 0 Å². The van der Waals surface area contributed by atoms with E-state index in [9.17, 15) is 4.79 Å². The molecule has 0 aromatic carbocycles. The van der Waals surface area contributed by atoms with Gasteiger partial charge in [-0.1, -0.05) is 27.4 Å². The molecule has 0 bridgehead atoms. The van der Waals surface area contributed by atoms with Gasteiger partial charge in [-0.05, 0) is 45.1 Å². The van der Waals surface area contributed by atoms with Crippen molar-refractivity contribution in [1.82, 2.24) is 10.6 Å². The minimum atomic E-state index is -0.0642. The Morgan fingerprint density at radius 3 is 2.50 bits per heavy atom. The fourth-order valence-electron chi connectivity index (χ4n) is 3.02. The summed E-state index contributed by atoms with van der Waals surface area (Å²) in [6.07, 6.45) is 4.46. The lowest BCUT2D eigenvalue weighted by Gasteiger charge is -2.53. The molecule has 0 spiro atoms. The van der Waals surface area contributed by atoms with Gasteiger partial charge in [0.15, 0.2) is 0 Å². The fraction of sp³-hybridized carbons (Fsp3) is 0.800. The van der Waals surface area contributed by atoms with Crippen molar-refractivity contribution in [3.8, 4) is 0 Å². The highest BCUT2D eigenvalue weighted by molar-refractivity contribution is 5.87. The van der Waals surface area contributed by atoms with Gasteiger partial charge in [0, 0.05) is 17.1 Å². The zero-order valence-corrected chi connectivity index (χ0v) is 12.5. The summed E-state index contributed by atoms with van der Waals surface area (Å²) in [5.74, 6) is 0.344. The first-order valence-electron chi connectivity index (χ1n) is 7.02. The monoisotopic (exact) mass is 252 g/mol. The molecule has 0 aromatic rings. The van der Waals surface area contributed by atoms with Crippen molar-refractivity contribution in [3.05, 3.63) is 12.7 Å². The van der Waals surface area contributed by atoms with E-state index in [0.717, 1.165) is 19.3 Å². The van der Waals surface area contributed by atoms with Crippen LogP contribution in [-0.2, 0) is 4.79 Å². The van der Waals surface area contributed by atoms with Crippen LogP contribution in [0.2, 0.25) is 0 Å². The van der Waals surface area contributed by atoms with Gasteiger partial charge in [-0.2, -0.15) is 0 Å². The molecule has 1 amide bonds. The highest BCUT2D eigenvalue weighted by Gasteiger charge is 2.46. The van der Waals surface area contributed by atoms with Crippen LogP contribution in [0.3, 0.4) is 0 Å². The number of hydrogen-bond acceptors (Lipinski definition) is 2. The van der Waals surface area contributed by atoms with E-state index in [1.807, 2.05) is 0 Å². The fourth-order valence-corrected chi connectivity index (χ4v) is 3.02. The van der Waals surface area contributed by atoms with Gasteiger partial charge in [0.05, 0.1) is 0 Å². The molecule has 3 heteroatoms. The Labute approximate surface area is 111 Å².